The van der Waals surface area contributed by atoms with Crippen molar-refractivity contribution in [3.63, 3.8) is 0 Å². The Kier molecular flexibility index (Phi) is 5.04. The highest BCUT2D eigenvalue weighted by molar-refractivity contribution is 6.04. The van der Waals surface area contributed by atoms with Crippen LogP contribution >= 0.6 is 0 Å². The Morgan fingerprint density at radius 2 is 1.93 bits per heavy atom. The van der Waals surface area contributed by atoms with Crippen molar-refractivity contribution in [2.45, 2.75) is 34.6 Å². The minimum atomic E-state index is -0.231. The monoisotopic (exact) mass is 364 g/mol. The summed E-state index contributed by atoms with van der Waals surface area (Å²) in [5.41, 5.74) is 5.56. The molecule has 5 nitrogen and oxygen atoms in total. The van der Waals surface area contributed by atoms with E-state index in [1.807, 2.05) is 52.8 Å². The summed E-state index contributed by atoms with van der Waals surface area (Å²) in [6.45, 7) is 9.81. The van der Waals surface area contributed by atoms with Crippen LogP contribution in [0.25, 0.3) is 16.5 Å². The standard InChI is InChI=1S/C22H24N2O3/c1-12-7-8-23-19(9-12)24-20(25)10-13(2)17-11-18-14(3)16(5)27-22(18)15(4)21(17)26-6/h7-11H,1-6H3,(H,23,24,25)/b13-10+. The van der Waals surface area contributed by atoms with Crippen LogP contribution in [-0.2, 0) is 4.79 Å². The first-order valence-corrected chi connectivity index (χ1v) is 8.81. The van der Waals surface area contributed by atoms with Crippen LogP contribution in [0.3, 0.4) is 0 Å². The SMILES string of the molecule is COc1c(/C(C)=C/C(=O)Nc2cc(C)ccn2)cc2c(C)c(C)oc2c1C. The molecule has 0 saturated heterocycles. The van der Waals surface area contributed by atoms with Gasteiger partial charge in [0.2, 0.25) is 5.91 Å². The van der Waals surface area contributed by atoms with E-state index in [4.69, 9.17) is 9.15 Å². The number of anilines is 1. The van der Waals surface area contributed by atoms with E-state index in [-0.39, 0.29) is 5.91 Å². The molecule has 3 rings (SSSR count). The second-order valence-electron chi connectivity index (χ2n) is 6.78. The molecule has 1 aromatic carbocycles. The Morgan fingerprint density at radius 3 is 2.59 bits per heavy atom. The number of rotatable bonds is 4. The third-order valence-electron chi connectivity index (χ3n) is 4.79. The molecule has 1 amide bonds. The third kappa shape index (κ3) is 3.58. The number of methoxy groups -OCH3 is 1. The van der Waals surface area contributed by atoms with Gasteiger partial charge in [0.1, 0.15) is 22.9 Å². The highest BCUT2D eigenvalue weighted by atomic mass is 16.5. The van der Waals surface area contributed by atoms with Crippen molar-refractivity contribution in [2.75, 3.05) is 12.4 Å². The Morgan fingerprint density at radius 1 is 1.19 bits per heavy atom. The molecule has 5 heteroatoms. The van der Waals surface area contributed by atoms with E-state index in [0.717, 1.165) is 44.6 Å². The summed E-state index contributed by atoms with van der Waals surface area (Å²) in [5.74, 6) is 1.90. The van der Waals surface area contributed by atoms with Crippen molar-refractivity contribution in [3.05, 3.63) is 58.5 Å². The van der Waals surface area contributed by atoms with Gasteiger partial charge in [-0.05, 0) is 69.5 Å². The zero-order valence-electron chi connectivity index (χ0n) is 16.6. The van der Waals surface area contributed by atoms with E-state index in [1.54, 1.807) is 19.4 Å². The van der Waals surface area contributed by atoms with E-state index in [0.29, 0.717) is 11.6 Å². The van der Waals surface area contributed by atoms with Crippen LogP contribution in [0.1, 0.15) is 34.9 Å². The molecule has 0 spiro atoms. The molecule has 0 bridgehead atoms. The predicted molar refractivity (Wildman–Crippen MR) is 108 cm³/mol. The maximum atomic E-state index is 12.4. The van der Waals surface area contributed by atoms with E-state index in [1.165, 1.54) is 0 Å². The van der Waals surface area contributed by atoms with Gasteiger partial charge in [0.25, 0.3) is 0 Å². The number of nitrogens with zero attached hydrogens (tertiary/aromatic N) is 1. The summed E-state index contributed by atoms with van der Waals surface area (Å²) < 4.78 is 11.5. The number of hydrogen-bond donors (Lipinski definition) is 1. The number of benzene rings is 1. The summed E-state index contributed by atoms with van der Waals surface area (Å²) in [6, 6.07) is 5.74. The highest BCUT2D eigenvalue weighted by Crippen LogP contribution is 2.38. The van der Waals surface area contributed by atoms with Gasteiger partial charge in [0.05, 0.1) is 7.11 Å². The number of carbonyl (C=O) groups is 1. The second-order valence-corrected chi connectivity index (χ2v) is 6.78. The Balaban J connectivity index is 2.01. The largest absolute Gasteiger partial charge is 0.496 e. The molecule has 0 saturated carbocycles. The quantitative estimate of drug-likeness (QED) is 0.653. The Hall–Kier alpha value is -3.08. The van der Waals surface area contributed by atoms with Gasteiger partial charge in [-0.25, -0.2) is 4.98 Å². The molecule has 0 unspecified atom stereocenters. The first kappa shape index (κ1) is 18.7. The van der Waals surface area contributed by atoms with Crippen molar-refractivity contribution >= 4 is 28.3 Å². The third-order valence-corrected chi connectivity index (χ3v) is 4.79. The van der Waals surface area contributed by atoms with Crippen molar-refractivity contribution in [1.82, 2.24) is 4.98 Å². The van der Waals surface area contributed by atoms with E-state index in [2.05, 4.69) is 10.3 Å². The van der Waals surface area contributed by atoms with Crippen molar-refractivity contribution in [1.29, 1.82) is 0 Å². The number of carbonyl (C=O) groups excluding carboxylic acids is 1. The van der Waals surface area contributed by atoms with Crippen LogP contribution in [0.4, 0.5) is 5.82 Å². The minimum Gasteiger partial charge on any atom is -0.496 e. The fraction of sp³-hybridized carbons (Fsp3) is 0.273. The van der Waals surface area contributed by atoms with Gasteiger partial charge < -0.3 is 14.5 Å². The van der Waals surface area contributed by atoms with Crippen LogP contribution in [-0.4, -0.2) is 18.0 Å². The summed E-state index contributed by atoms with van der Waals surface area (Å²) in [7, 11) is 1.63. The van der Waals surface area contributed by atoms with Gasteiger partial charge in [-0.15, -0.1) is 0 Å². The summed E-state index contributed by atoms with van der Waals surface area (Å²) in [5, 5.41) is 3.84. The zero-order chi connectivity index (χ0) is 19.7. The fourth-order valence-electron chi connectivity index (χ4n) is 3.21. The van der Waals surface area contributed by atoms with E-state index < -0.39 is 0 Å². The lowest BCUT2D eigenvalue weighted by atomic mass is 9.98. The lowest BCUT2D eigenvalue weighted by molar-refractivity contribution is -0.111. The first-order valence-electron chi connectivity index (χ1n) is 8.81. The topological polar surface area (TPSA) is 64.4 Å². The van der Waals surface area contributed by atoms with Crippen molar-refractivity contribution < 1.29 is 13.9 Å². The second kappa shape index (κ2) is 7.27. The summed E-state index contributed by atoms with van der Waals surface area (Å²) in [6.07, 6.45) is 3.24. The molecule has 0 fully saturated rings. The molecule has 0 aliphatic carbocycles. The molecule has 0 aliphatic rings. The fourth-order valence-corrected chi connectivity index (χ4v) is 3.21. The van der Waals surface area contributed by atoms with E-state index in [9.17, 15) is 4.79 Å². The smallest absolute Gasteiger partial charge is 0.249 e. The van der Waals surface area contributed by atoms with Gasteiger partial charge in [-0.1, -0.05) is 0 Å². The number of furan rings is 1. The van der Waals surface area contributed by atoms with Crippen LogP contribution in [0.5, 0.6) is 5.75 Å². The molecule has 0 atom stereocenters. The number of nitrogens with one attached hydrogen (secondary N) is 1. The number of pyridine rings is 1. The van der Waals surface area contributed by atoms with Gasteiger partial charge in [-0.2, -0.15) is 0 Å². The van der Waals surface area contributed by atoms with Gasteiger partial charge >= 0.3 is 0 Å². The predicted octanol–water partition coefficient (Wildman–Crippen LogP) is 5.11. The van der Waals surface area contributed by atoms with Crippen molar-refractivity contribution in [3.8, 4) is 5.75 Å². The average Bonchev–Trinajstić information content (AvgIpc) is 2.90. The number of allylic oxidation sites excluding steroid dienone is 1. The van der Waals surface area contributed by atoms with Gasteiger partial charge in [-0.3, -0.25) is 4.79 Å². The van der Waals surface area contributed by atoms with Crippen LogP contribution in [0.15, 0.2) is 34.9 Å². The van der Waals surface area contributed by atoms with Crippen LogP contribution in [0, 0.1) is 27.7 Å². The van der Waals surface area contributed by atoms with Crippen LogP contribution < -0.4 is 10.1 Å². The first-order chi connectivity index (χ1) is 12.8. The summed E-state index contributed by atoms with van der Waals surface area (Å²) >= 11 is 0. The lowest BCUT2D eigenvalue weighted by Gasteiger charge is -2.13. The molecule has 140 valence electrons. The highest BCUT2D eigenvalue weighted by Gasteiger charge is 2.18. The Bertz CT molecular complexity index is 1060. The number of amides is 1. The number of ether oxygens (including phenoxy) is 1. The zero-order valence-corrected chi connectivity index (χ0v) is 16.6. The Labute approximate surface area is 159 Å². The molecular formula is C22H24N2O3. The molecule has 2 aromatic heterocycles. The molecule has 0 aliphatic heterocycles. The maximum Gasteiger partial charge on any atom is 0.249 e. The number of hydrogen-bond acceptors (Lipinski definition) is 4. The molecule has 0 radical (unpaired) electrons. The van der Waals surface area contributed by atoms with Crippen LogP contribution in [0.2, 0.25) is 0 Å². The average molecular weight is 364 g/mol. The molecular weight excluding hydrogens is 340 g/mol. The number of fused-ring (bicyclic) bond motifs is 1. The number of aryl methyl sites for hydroxylation is 4. The molecule has 1 N–H and O–H groups in total. The van der Waals surface area contributed by atoms with Gasteiger partial charge in [0.15, 0.2) is 0 Å². The lowest BCUT2D eigenvalue weighted by Crippen LogP contribution is -2.10. The minimum absolute atomic E-state index is 0.231. The molecule has 2 heterocycles. The molecule has 3 aromatic rings. The van der Waals surface area contributed by atoms with Crippen molar-refractivity contribution in [2.24, 2.45) is 0 Å². The normalized spacial score (nSPS) is 11.7. The van der Waals surface area contributed by atoms with E-state index >= 15 is 0 Å². The van der Waals surface area contributed by atoms with Gasteiger partial charge in [0, 0.05) is 28.8 Å². The maximum absolute atomic E-state index is 12.4. The summed E-state index contributed by atoms with van der Waals surface area (Å²) in [4.78, 5) is 16.6. The number of aromatic nitrogens is 1. The molecule has 27 heavy (non-hydrogen) atoms.